The van der Waals surface area contributed by atoms with Gasteiger partial charge in [0.15, 0.2) is 5.71 Å². The predicted octanol–water partition coefficient (Wildman–Crippen LogP) is 5.84. The minimum Gasteiger partial charge on any atom is -0.235 e. The quantitative estimate of drug-likeness (QED) is 0.576. The van der Waals surface area contributed by atoms with Crippen molar-refractivity contribution in [2.24, 2.45) is 5.41 Å². The molecular formula is C23H26NS+. The summed E-state index contributed by atoms with van der Waals surface area (Å²) in [6.07, 6.45) is 13.5. The number of benzene rings is 1. The van der Waals surface area contributed by atoms with E-state index < -0.39 is 0 Å². The molecular weight excluding hydrogens is 322 g/mol. The lowest BCUT2D eigenvalue weighted by atomic mass is 9.92. The van der Waals surface area contributed by atoms with Gasteiger partial charge in [0.05, 0.1) is 0 Å². The Morgan fingerprint density at radius 3 is 2.04 bits per heavy atom. The van der Waals surface area contributed by atoms with E-state index in [4.69, 9.17) is 0 Å². The molecule has 0 aromatic heterocycles. The standard InChI is InChI=1S/C23H26NS/c1-23(2,3)22-16-19(17-9-7-6-8-10-17)15-21(25-22)18-11-13-20(14-12-18)24(4)5/h6-16H,1-5H3/q+1. The van der Waals surface area contributed by atoms with Crippen LogP contribution in [0.3, 0.4) is 0 Å². The van der Waals surface area contributed by atoms with Gasteiger partial charge in [-0.25, -0.2) is 4.58 Å². The average molecular weight is 349 g/mol. The van der Waals surface area contributed by atoms with Gasteiger partial charge in [-0.15, -0.1) is 0 Å². The van der Waals surface area contributed by atoms with Crippen molar-refractivity contribution in [3.63, 3.8) is 0 Å². The highest BCUT2D eigenvalue weighted by molar-refractivity contribution is 8.07. The van der Waals surface area contributed by atoms with Crippen LogP contribution in [-0.4, -0.2) is 24.4 Å². The third kappa shape index (κ3) is 4.13. The fraction of sp³-hybridized carbons (Fsp3) is 0.261. The summed E-state index contributed by atoms with van der Waals surface area (Å²) in [5, 5.41) is 0. The van der Waals surface area contributed by atoms with Crippen molar-refractivity contribution in [3.05, 3.63) is 87.7 Å². The first-order chi connectivity index (χ1) is 11.8. The van der Waals surface area contributed by atoms with Crippen LogP contribution in [0.4, 0.5) is 0 Å². The Hall–Kier alpha value is -2.06. The Balaban J connectivity index is 2.07. The van der Waals surface area contributed by atoms with Gasteiger partial charge in [0.1, 0.15) is 14.1 Å². The second kappa shape index (κ2) is 7.05. The summed E-state index contributed by atoms with van der Waals surface area (Å²) in [4.78, 5) is 2.72. The molecule has 0 N–H and O–H groups in total. The SMILES string of the molecule is C[N+](C)=C1C=CC(=C2C=C(c3ccccc3)C=C(C(C)(C)C)S2)C=C1. The number of rotatable bonds is 1. The van der Waals surface area contributed by atoms with Crippen LogP contribution in [0.15, 0.2) is 82.2 Å². The van der Waals surface area contributed by atoms with Crippen LogP contribution in [0.25, 0.3) is 5.57 Å². The third-order valence-corrected chi connectivity index (χ3v) is 5.83. The zero-order chi connectivity index (χ0) is 18.0. The van der Waals surface area contributed by atoms with E-state index in [9.17, 15) is 0 Å². The molecule has 1 aliphatic heterocycles. The molecule has 0 saturated carbocycles. The van der Waals surface area contributed by atoms with E-state index in [2.05, 4.69) is 106 Å². The molecule has 0 bridgehead atoms. The number of hydrogen-bond acceptors (Lipinski definition) is 1. The number of thioether (sulfide) groups is 1. The minimum absolute atomic E-state index is 0.133. The average Bonchev–Trinajstić information content (AvgIpc) is 2.61. The van der Waals surface area contributed by atoms with Gasteiger partial charge in [-0.1, -0.05) is 62.9 Å². The normalized spacial score (nSPS) is 17.6. The Morgan fingerprint density at radius 1 is 0.840 bits per heavy atom. The second-order valence-corrected chi connectivity index (χ2v) is 8.72. The summed E-state index contributed by atoms with van der Waals surface area (Å²) in [6, 6.07) is 10.7. The van der Waals surface area contributed by atoms with Gasteiger partial charge in [0.25, 0.3) is 0 Å². The second-order valence-electron chi connectivity index (χ2n) is 7.63. The maximum atomic E-state index is 2.34. The van der Waals surface area contributed by atoms with Crippen LogP contribution < -0.4 is 0 Å². The molecule has 0 spiro atoms. The van der Waals surface area contributed by atoms with E-state index in [0.29, 0.717) is 0 Å². The first-order valence-electron chi connectivity index (χ1n) is 8.66. The third-order valence-electron chi connectivity index (χ3n) is 4.31. The lowest BCUT2D eigenvalue weighted by Crippen LogP contribution is -2.11. The van der Waals surface area contributed by atoms with E-state index in [1.165, 1.54) is 32.2 Å². The summed E-state index contributed by atoms with van der Waals surface area (Å²) in [5.41, 5.74) is 5.19. The predicted molar refractivity (Wildman–Crippen MR) is 112 cm³/mol. The summed E-state index contributed by atoms with van der Waals surface area (Å²) in [6.45, 7) is 6.85. The number of allylic oxidation sites excluding steroid dienone is 9. The molecule has 0 fully saturated rings. The van der Waals surface area contributed by atoms with Crippen LogP contribution in [0.2, 0.25) is 0 Å². The Bertz CT molecular complexity index is 831. The molecule has 25 heavy (non-hydrogen) atoms. The van der Waals surface area contributed by atoms with E-state index in [0.717, 1.165) is 0 Å². The molecule has 0 atom stereocenters. The van der Waals surface area contributed by atoms with Crippen molar-refractivity contribution in [2.75, 3.05) is 14.1 Å². The van der Waals surface area contributed by atoms with Crippen LogP contribution in [0.5, 0.6) is 0 Å². The minimum atomic E-state index is 0.133. The molecule has 2 aliphatic rings. The van der Waals surface area contributed by atoms with Crippen LogP contribution in [0, 0.1) is 5.41 Å². The molecule has 1 nitrogen and oxygen atoms in total. The Labute approximate surface area is 155 Å². The van der Waals surface area contributed by atoms with Crippen molar-refractivity contribution in [2.45, 2.75) is 20.8 Å². The smallest absolute Gasteiger partial charge is 0.199 e. The fourth-order valence-electron chi connectivity index (χ4n) is 2.73. The molecule has 1 aromatic rings. The molecule has 1 aliphatic carbocycles. The van der Waals surface area contributed by atoms with E-state index in [1.54, 1.807) is 0 Å². The van der Waals surface area contributed by atoms with Crippen molar-refractivity contribution in [3.8, 4) is 0 Å². The topological polar surface area (TPSA) is 3.01 Å². The molecule has 2 heteroatoms. The molecule has 0 radical (unpaired) electrons. The van der Waals surface area contributed by atoms with Gasteiger partial charge in [-0.2, -0.15) is 0 Å². The fourth-order valence-corrected chi connectivity index (χ4v) is 3.90. The molecule has 1 aromatic carbocycles. The summed E-state index contributed by atoms with van der Waals surface area (Å²) in [7, 11) is 4.15. The van der Waals surface area contributed by atoms with Crippen molar-refractivity contribution < 1.29 is 4.58 Å². The van der Waals surface area contributed by atoms with Gasteiger partial charge >= 0.3 is 0 Å². The highest BCUT2D eigenvalue weighted by atomic mass is 32.2. The Morgan fingerprint density at radius 2 is 1.48 bits per heavy atom. The molecule has 0 saturated heterocycles. The lowest BCUT2D eigenvalue weighted by Gasteiger charge is -2.27. The largest absolute Gasteiger partial charge is 0.235 e. The van der Waals surface area contributed by atoms with Crippen molar-refractivity contribution in [1.29, 1.82) is 0 Å². The highest BCUT2D eigenvalue weighted by Crippen LogP contribution is 2.46. The van der Waals surface area contributed by atoms with Crippen LogP contribution in [0.1, 0.15) is 26.3 Å². The highest BCUT2D eigenvalue weighted by Gasteiger charge is 2.23. The number of nitrogens with zero attached hydrogens (tertiary/aromatic N) is 1. The summed E-state index contributed by atoms with van der Waals surface area (Å²) >= 11 is 1.89. The van der Waals surface area contributed by atoms with Crippen LogP contribution >= 0.6 is 11.8 Å². The molecule has 0 amide bonds. The Kier molecular flexibility index (Phi) is 5.01. The lowest BCUT2D eigenvalue weighted by molar-refractivity contribution is -0.462. The van der Waals surface area contributed by atoms with E-state index in [1.807, 2.05) is 11.8 Å². The number of hydrogen-bond donors (Lipinski definition) is 0. The first kappa shape index (κ1) is 17.8. The van der Waals surface area contributed by atoms with Crippen molar-refractivity contribution >= 4 is 23.0 Å². The van der Waals surface area contributed by atoms with E-state index >= 15 is 0 Å². The summed E-state index contributed by atoms with van der Waals surface area (Å²) < 4.78 is 2.13. The van der Waals surface area contributed by atoms with Gasteiger partial charge in [0.2, 0.25) is 0 Å². The zero-order valence-electron chi connectivity index (χ0n) is 15.7. The maximum absolute atomic E-state index is 2.34. The molecule has 0 unspecified atom stereocenters. The molecule has 128 valence electrons. The maximum Gasteiger partial charge on any atom is 0.199 e. The van der Waals surface area contributed by atoms with Gasteiger partial charge in [-0.3, -0.25) is 0 Å². The van der Waals surface area contributed by atoms with Crippen molar-refractivity contribution in [1.82, 2.24) is 0 Å². The zero-order valence-corrected chi connectivity index (χ0v) is 16.5. The van der Waals surface area contributed by atoms with Crippen LogP contribution in [-0.2, 0) is 0 Å². The van der Waals surface area contributed by atoms with Gasteiger partial charge in [0, 0.05) is 17.1 Å². The van der Waals surface area contributed by atoms with E-state index in [-0.39, 0.29) is 5.41 Å². The first-order valence-corrected chi connectivity index (χ1v) is 9.48. The molecule has 1 heterocycles. The van der Waals surface area contributed by atoms with Gasteiger partial charge in [-0.05, 0) is 51.3 Å². The molecule has 3 rings (SSSR count). The monoisotopic (exact) mass is 348 g/mol. The summed E-state index contributed by atoms with van der Waals surface area (Å²) in [5.74, 6) is 0. The van der Waals surface area contributed by atoms with Gasteiger partial charge < -0.3 is 0 Å².